The van der Waals surface area contributed by atoms with Crippen molar-refractivity contribution >= 4 is 16.7 Å². The van der Waals surface area contributed by atoms with E-state index >= 15 is 0 Å². The Kier molecular flexibility index (Phi) is 2.95. The molecule has 0 aliphatic carbocycles. The Balaban J connectivity index is 1.82. The zero-order valence-electron chi connectivity index (χ0n) is 11.0. The van der Waals surface area contributed by atoms with Gasteiger partial charge in [0.25, 0.3) is 0 Å². The smallest absolute Gasteiger partial charge is 0.158 e. The van der Waals surface area contributed by atoms with Gasteiger partial charge >= 0.3 is 0 Å². The van der Waals surface area contributed by atoms with Crippen molar-refractivity contribution in [1.82, 2.24) is 14.8 Å². The Morgan fingerprint density at radius 3 is 3.00 bits per heavy atom. The predicted molar refractivity (Wildman–Crippen MR) is 73.9 cm³/mol. The van der Waals surface area contributed by atoms with Crippen LogP contribution in [0.3, 0.4) is 0 Å². The molecular weight excluding hydrogens is 240 g/mol. The highest BCUT2D eigenvalue weighted by molar-refractivity contribution is 5.78. The van der Waals surface area contributed by atoms with Crippen LogP contribution in [-0.2, 0) is 6.54 Å². The molecule has 0 fully saturated rings. The van der Waals surface area contributed by atoms with E-state index in [9.17, 15) is 0 Å². The molecule has 3 heterocycles. The third kappa shape index (κ3) is 2.31. The molecule has 0 atom stereocenters. The molecule has 3 rings (SSSR count). The molecule has 0 saturated carbocycles. The largest absolute Gasteiger partial charge is 0.467 e. The number of furan rings is 1. The standard InChI is InChI=1S/C14H16N4O/c1-10(2)18-14-11(7-17-18)6-12(8-16-14)15-9-13-4-3-5-19-13/h3-8,10,15H,9H2,1-2H3. The van der Waals surface area contributed by atoms with Crippen LogP contribution in [0.5, 0.6) is 0 Å². The minimum atomic E-state index is 0.312. The quantitative estimate of drug-likeness (QED) is 0.778. The first-order valence-electron chi connectivity index (χ1n) is 6.33. The fraction of sp³-hybridized carbons (Fsp3) is 0.286. The predicted octanol–water partition coefficient (Wildman–Crippen LogP) is 3.22. The summed E-state index contributed by atoms with van der Waals surface area (Å²) in [6.45, 7) is 4.84. The second-order valence-corrected chi connectivity index (χ2v) is 4.75. The lowest BCUT2D eigenvalue weighted by Crippen LogP contribution is -2.03. The van der Waals surface area contributed by atoms with E-state index in [1.165, 1.54) is 0 Å². The summed E-state index contributed by atoms with van der Waals surface area (Å²) in [5, 5.41) is 8.68. The van der Waals surface area contributed by atoms with Crippen molar-refractivity contribution in [2.75, 3.05) is 5.32 Å². The lowest BCUT2D eigenvalue weighted by Gasteiger charge is -2.07. The number of pyridine rings is 1. The Hall–Kier alpha value is -2.30. The number of fused-ring (bicyclic) bond motifs is 1. The normalized spacial score (nSPS) is 11.3. The van der Waals surface area contributed by atoms with Crippen LogP contribution in [0.2, 0.25) is 0 Å². The van der Waals surface area contributed by atoms with Crippen LogP contribution < -0.4 is 5.32 Å². The average Bonchev–Trinajstić information content (AvgIpc) is 3.05. The molecule has 0 aromatic carbocycles. The van der Waals surface area contributed by atoms with Crippen LogP contribution in [-0.4, -0.2) is 14.8 Å². The molecule has 1 N–H and O–H groups in total. The zero-order valence-corrected chi connectivity index (χ0v) is 11.0. The summed E-state index contributed by atoms with van der Waals surface area (Å²) in [5.41, 5.74) is 1.88. The second-order valence-electron chi connectivity index (χ2n) is 4.75. The van der Waals surface area contributed by atoms with Crippen LogP contribution >= 0.6 is 0 Å². The van der Waals surface area contributed by atoms with Crippen LogP contribution in [0.1, 0.15) is 25.6 Å². The monoisotopic (exact) mass is 256 g/mol. The third-order valence-electron chi connectivity index (χ3n) is 2.97. The van der Waals surface area contributed by atoms with Crippen molar-refractivity contribution in [1.29, 1.82) is 0 Å². The molecule has 0 unspecified atom stereocenters. The molecule has 5 heteroatoms. The molecule has 0 amide bonds. The highest BCUT2D eigenvalue weighted by Crippen LogP contribution is 2.19. The fourth-order valence-electron chi connectivity index (χ4n) is 2.02. The van der Waals surface area contributed by atoms with E-state index in [1.54, 1.807) is 6.26 Å². The highest BCUT2D eigenvalue weighted by Gasteiger charge is 2.07. The SMILES string of the molecule is CC(C)n1ncc2cc(NCc3ccco3)cnc21. The van der Waals surface area contributed by atoms with Crippen molar-refractivity contribution < 1.29 is 4.42 Å². The Labute approximate surface area is 111 Å². The van der Waals surface area contributed by atoms with Gasteiger partial charge < -0.3 is 9.73 Å². The minimum absolute atomic E-state index is 0.312. The topological polar surface area (TPSA) is 55.9 Å². The van der Waals surface area contributed by atoms with Gasteiger partial charge in [0.15, 0.2) is 5.65 Å². The van der Waals surface area contributed by atoms with E-state index in [4.69, 9.17) is 4.42 Å². The Bertz CT molecular complexity index is 670. The molecule has 0 bridgehead atoms. The first-order valence-corrected chi connectivity index (χ1v) is 6.33. The van der Waals surface area contributed by atoms with Gasteiger partial charge in [-0.3, -0.25) is 0 Å². The number of hydrogen-bond donors (Lipinski definition) is 1. The summed E-state index contributed by atoms with van der Waals surface area (Å²) in [7, 11) is 0. The molecule has 3 aromatic heterocycles. The average molecular weight is 256 g/mol. The molecule has 0 saturated heterocycles. The molecular formula is C14H16N4O. The van der Waals surface area contributed by atoms with E-state index in [2.05, 4.69) is 35.3 Å². The third-order valence-corrected chi connectivity index (χ3v) is 2.97. The first kappa shape index (κ1) is 11.8. The first-order chi connectivity index (χ1) is 9.24. The van der Waals surface area contributed by atoms with Crippen LogP contribution in [0, 0.1) is 0 Å². The van der Waals surface area contributed by atoms with Crippen molar-refractivity contribution in [2.45, 2.75) is 26.4 Å². The van der Waals surface area contributed by atoms with E-state index in [1.807, 2.05) is 29.2 Å². The van der Waals surface area contributed by atoms with Gasteiger partial charge in [-0.2, -0.15) is 5.10 Å². The van der Waals surface area contributed by atoms with Crippen molar-refractivity contribution in [3.63, 3.8) is 0 Å². The lowest BCUT2D eigenvalue weighted by molar-refractivity contribution is 0.518. The molecule has 98 valence electrons. The summed E-state index contributed by atoms with van der Waals surface area (Å²) >= 11 is 0. The molecule has 0 aliphatic rings. The van der Waals surface area contributed by atoms with Crippen molar-refractivity contribution in [2.24, 2.45) is 0 Å². The second kappa shape index (κ2) is 4.76. The number of hydrogen-bond acceptors (Lipinski definition) is 4. The van der Waals surface area contributed by atoms with Gasteiger partial charge in [-0.15, -0.1) is 0 Å². The maximum Gasteiger partial charge on any atom is 0.158 e. The van der Waals surface area contributed by atoms with Crippen LogP contribution in [0.15, 0.2) is 41.3 Å². The Morgan fingerprint density at radius 1 is 1.37 bits per heavy atom. The summed E-state index contributed by atoms with van der Waals surface area (Å²) in [6, 6.07) is 6.19. The van der Waals surface area contributed by atoms with E-state index < -0.39 is 0 Å². The van der Waals surface area contributed by atoms with Gasteiger partial charge in [0, 0.05) is 11.4 Å². The summed E-state index contributed by atoms with van der Waals surface area (Å²) in [6.07, 6.45) is 5.34. The minimum Gasteiger partial charge on any atom is -0.467 e. The summed E-state index contributed by atoms with van der Waals surface area (Å²) in [5.74, 6) is 0.901. The van der Waals surface area contributed by atoms with Gasteiger partial charge in [-0.05, 0) is 32.0 Å². The zero-order chi connectivity index (χ0) is 13.2. The molecule has 3 aromatic rings. The van der Waals surface area contributed by atoms with E-state index in [0.29, 0.717) is 12.6 Å². The van der Waals surface area contributed by atoms with Crippen molar-refractivity contribution in [3.05, 3.63) is 42.6 Å². The van der Waals surface area contributed by atoms with Crippen LogP contribution in [0.4, 0.5) is 5.69 Å². The van der Waals surface area contributed by atoms with Gasteiger partial charge in [0.2, 0.25) is 0 Å². The highest BCUT2D eigenvalue weighted by atomic mass is 16.3. The number of rotatable bonds is 4. The van der Waals surface area contributed by atoms with Crippen LogP contribution in [0.25, 0.3) is 11.0 Å². The molecule has 5 nitrogen and oxygen atoms in total. The van der Waals surface area contributed by atoms with Crippen molar-refractivity contribution in [3.8, 4) is 0 Å². The number of aromatic nitrogens is 3. The fourth-order valence-corrected chi connectivity index (χ4v) is 2.02. The summed E-state index contributed by atoms with van der Waals surface area (Å²) in [4.78, 5) is 4.47. The molecule has 19 heavy (non-hydrogen) atoms. The van der Waals surface area contributed by atoms with E-state index in [-0.39, 0.29) is 0 Å². The maximum atomic E-state index is 5.28. The molecule has 0 spiro atoms. The van der Waals surface area contributed by atoms with Gasteiger partial charge in [0.05, 0.1) is 30.9 Å². The number of nitrogens with zero attached hydrogens (tertiary/aromatic N) is 3. The number of anilines is 1. The molecule has 0 radical (unpaired) electrons. The van der Waals surface area contributed by atoms with Gasteiger partial charge in [0.1, 0.15) is 5.76 Å². The summed E-state index contributed by atoms with van der Waals surface area (Å²) < 4.78 is 7.20. The Morgan fingerprint density at radius 2 is 2.26 bits per heavy atom. The molecule has 0 aliphatic heterocycles. The lowest BCUT2D eigenvalue weighted by atomic mass is 10.3. The number of nitrogens with one attached hydrogen (secondary N) is 1. The van der Waals surface area contributed by atoms with E-state index in [0.717, 1.165) is 22.5 Å². The van der Waals surface area contributed by atoms with Gasteiger partial charge in [-0.1, -0.05) is 0 Å². The van der Waals surface area contributed by atoms with Gasteiger partial charge in [-0.25, -0.2) is 9.67 Å². The maximum absolute atomic E-state index is 5.28.